The Kier molecular flexibility index (Phi) is 5.92. The molecule has 0 aliphatic heterocycles. The van der Waals surface area contributed by atoms with Gasteiger partial charge >= 0.3 is 12.4 Å². The number of carbonyl (C=O) groups excluding carboxylic acids is 1. The lowest BCUT2D eigenvalue weighted by Gasteiger charge is -2.26. The van der Waals surface area contributed by atoms with Gasteiger partial charge in [-0.2, -0.15) is 26.3 Å². The van der Waals surface area contributed by atoms with Gasteiger partial charge in [-0.25, -0.2) is 0 Å². The molecule has 1 nitrogen and oxygen atoms in total. The van der Waals surface area contributed by atoms with Crippen LogP contribution in [0.15, 0.2) is 48.5 Å². The van der Waals surface area contributed by atoms with E-state index in [0.29, 0.717) is 0 Å². The maximum absolute atomic E-state index is 13.4. The van der Waals surface area contributed by atoms with Gasteiger partial charge in [-0.15, -0.1) is 0 Å². The van der Waals surface area contributed by atoms with Crippen LogP contribution in [0.1, 0.15) is 23.0 Å². The second-order valence-electron chi connectivity index (χ2n) is 5.45. The Morgan fingerprint density at radius 2 is 0.923 bits per heavy atom. The monoisotopic (exact) mass is 414 g/mol. The molecule has 2 aromatic carbocycles. The van der Waals surface area contributed by atoms with Crippen molar-refractivity contribution >= 4 is 29.0 Å². The molecule has 0 radical (unpaired) electrons. The van der Waals surface area contributed by atoms with Gasteiger partial charge in [-0.05, 0) is 35.4 Å². The minimum absolute atomic E-state index is 0.0900. The van der Waals surface area contributed by atoms with Crippen LogP contribution in [-0.2, 0) is 4.79 Å². The molecule has 0 saturated heterocycles. The molecule has 0 bridgehead atoms. The molecule has 2 aromatic rings. The maximum Gasteiger partial charge on any atom is 0.402 e. The van der Waals surface area contributed by atoms with E-state index in [1.165, 1.54) is 0 Å². The van der Waals surface area contributed by atoms with E-state index in [0.717, 1.165) is 48.5 Å². The van der Waals surface area contributed by atoms with Crippen LogP contribution in [0.2, 0.25) is 10.0 Å². The van der Waals surface area contributed by atoms with Gasteiger partial charge in [0.05, 0.1) is 0 Å². The van der Waals surface area contributed by atoms with Crippen LogP contribution < -0.4 is 0 Å². The van der Waals surface area contributed by atoms with Crippen LogP contribution in [0, 0.1) is 0 Å². The van der Waals surface area contributed by atoms with Crippen LogP contribution in [0.25, 0.3) is 0 Å². The molecule has 0 aromatic heterocycles. The molecule has 9 heteroatoms. The molecule has 2 unspecified atom stereocenters. The van der Waals surface area contributed by atoms with Gasteiger partial charge in [0, 0.05) is 10.0 Å². The fourth-order valence-electron chi connectivity index (χ4n) is 2.51. The molecule has 0 fully saturated rings. The highest BCUT2D eigenvalue weighted by atomic mass is 35.5. The second kappa shape index (κ2) is 7.48. The number of halogens is 8. The number of carbonyl (C=O) groups is 1. The average Bonchev–Trinajstić information content (AvgIpc) is 2.49. The van der Waals surface area contributed by atoms with E-state index in [1.807, 2.05) is 0 Å². The first kappa shape index (κ1) is 20.6. The zero-order valence-corrected chi connectivity index (χ0v) is 14.2. The standard InChI is InChI=1S/C17H10Cl2F6O/c18-11-5-1-9(2-6-11)13(16(20,21)22)15(26)14(17(23,24)25)10-3-7-12(19)8-4-10/h1-8,13-14H. The zero-order valence-electron chi connectivity index (χ0n) is 12.7. The molecule has 0 aliphatic carbocycles. The van der Waals surface area contributed by atoms with E-state index >= 15 is 0 Å². The van der Waals surface area contributed by atoms with Crippen molar-refractivity contribution in [2.24, 2.45) is 0 Å². The maximum atomic E-state index is 13.4. The quantitative estimate of drug-likeness (QED) is 0.518. The van der Waals surface area contributed by atoms with Crippen molar-refractivity contribution in [1.29, 1.82) is 0 Å². The minimum atomic E-state index is -5.21. The number of ketones is 1. The first-order valence-corrected chi connectivity index (χ1v) is 7.85. The van der Waals surface area contributed by atoms with Crippen LogP contribution in [0.4, 0.5) is 26.3 Å². The molecule has 2 rings (SSSR count). The molecule has 0 amide bonds. The number of rotatable bonds is 4. The topological polar surface area (TPSA) is 17.1 Å². The molecular weight excluding hydrogens is 405 g/mol. The van der Waals surface area contributed by atoms with Gasteiger partial charge in [-0.3, -0.25) is 4.79 Å². The van der Waals surface area contributed by atoms with Crippen molar-refractivity contribution in [2.75, 3.05) is 0 Å². The summed E-state index contributed by atoms with van der Waals surface area (Å²) in [4.78, 5) is 12.4. The molecule has 0 aliphatic rings. The molecule has 2 atom stereocenters. The fraction of sp³-hybridized carbons (Fsp3) is 0.235. The lowest BCUT2D eigenvalue weighted by Crippen LogP contribution is -2.38. The average molecular weight is 415 g/mol. The Labute approximate surface area is 154 Å². The van der Waals surface area contributed by atoms with Crippen molar-refractivity contribution in [3.63, 3.8) is 0 Å². The van der Waals surface area contributed by atoms with E-state index < -0.39 is 41.1 Å². The number of hydrogen-bond donors (Lipinski definition) is 0. The normalized spacial score (nSPS) is 14.8. The van der Waals surface area contributed by atoms with Gasteiger partial charge in [0.2, 0.25) is 0 Å². The molecular formula is C17H10Cl2F6O. The second-order valence-corrected chi connectivity index (χ2v) is 6.33. The number of hydrogen-bond acceptors (Lipinski definition) is 1. The van der Waals surface area contributed by atoms with Crippen molar-refractivity contribution in [2.45, 2.75) is 24.2 Å². The summed E-state index contributed by atoms with van der Waals surface area (Å²) >= 11 is 11.2. The Balaban J connectivity index is 2.55. The summed E-state index contributed by atoms with van der Waals surface area (Å²) in [5.41, 5.74) is -1.23. The predicted molar refractivity (Wildman–Crippen MR) is 85.5 cm³/mol. The van der Waals surface area contributed by atoms with Crippen LogP contribution in [0.3, 0.4) is 0 Å². The summed E-state index contributed by atoms with van der Waals surface area (Å²) in [6.07, 6.45) is -10.4. The minimum Gasteiger partial charge on any atom is -0.298 e. The molecule has 0 heterocycles. The Bertz CT molecular complexity index is 700. The van der Waals surface area contributed by atoms with Crippen molar-refractivity contribution in [1.82, 2.24) is 0 Å². The number of alkyl halides is 6. The molecule has 0 spiro atoms. The summed E-state index contributed by atoms with van der Waals surface area (Å²) in [6, 6.07) is 7.84. The van der Waals surface area contributed by atoms with Gasteiger partial charge in [0.25, 0.3) is 0 Å². The smallest absolute Gasteiger partial charge is 0.298 e. The Hall–Kier alpha value is -1.73. The van der Waals surface area contributed by atoms with E-state index in [-0.39, 0.29) is 10.0 Å². The van der Waals surface area contributed by atoms with Gasteiger partial charge in [-0.1, -0.05) is 47.5 Å². The van der Waals surface area contributed by atoms with Gasteiger partial charge in [0.15, 0.2) is 5.78 Å². The van der Waals surface area contributed by atoms with E-state index in [1.54, 1.807) is 0 Å². The van der Waals surface area contributed by atoms with Crippen LogP contribution >= 0.6 is 23.2 Å². The summed E-state index contributed by atoms with van der Waals surface area (Å²) in [5.74, 6) is -7.90. The van der Waals surface area contributed by atoms with Crippen molar-refractivity contribution < 1.29 is 31.1 Å². The lowest BCUT2D eigenvalue weighted by molar-refractivity contribution is -0.183. The zero-order chi connectivity index (χ0) is 19.7. The first-order valence-electron chi connectivity index (χ1n) is 7.09. The summed E-state index contributed by atoms with van der Waals surface area (Å²) in [7, 11) is 0. The van der Waals surface area contributed by atoms with Crippen LogP contribution in [0.5, 0.6) is 0 Å². The third kappa shape index (κ3) is 4.71. The predicted octanol–water partition coefficient (Wildman–Crippen LogP) is 6.55. The molecule has 0 saturated carbocycles. The Morgan fingerprint density at radius 3 is 1.15 bits per heavy atom. The van der Waals surface area contributed by atoms with Gasteiger partial charge in [0.1, 0.15) is 11.8 Å². The van der Waals surface area contributed by atoms with Crippen molar-refractivity contribution in [3.05, 3.63) is 69.7 Å². The van der Waals surface area contributed by atoms with E-state index in [4.69, 9.17) is 23.2 Å². The highest BCUT2D eigenvalue weighted by Gasteiger charge is 2.55. The summed E-state index contributed by atoms with van der Waals surface area (Å²) in [6.45, 7) is 0. The number of Topliss-reactive ketones (excluding diaryl/α,β-unsaturated/α-hetero) is 1. The lowest BCUT2D eigenvalue weighted by atomic mass is 9.83. The third-order valence-electron chi connectivity index (χ3n) is 3.63. The number of benzene rings is 2. The fourth-order valence-corrected chi connectivity index (χ4v) is 2.76. The third-order valence-corrected chi connectivity index (χ3v) is 4.13. The van der Waals surface area contributed by atoms with Crippen molar-refractivity contribution in [3.8, 4) is 0 Å². The van der Waals surface area contributed by atoms with E-state index in [9.17, 15) is 31.1 Å². The molecule has 26 heavy (non-hydrogen) atoms. The molecule has 0 N–H and O–H groups in total. The first-order chi connectivity index (χ1) is 11.9. The SMILES string of the molecule is O=C(C(c1ccc(Cl)cc1)C(F)(F)F)C(c1ccc(Cl)cc1)C(F)(F)F. The summed E-state index contributed by atoms with van der Waals surface area (Å²) < 4.78 is 80.7. The Morgan fingerprint density at radius 1 is 0.654 bits per heavy atom. The highest BCUT2D eigenvalue weighted by molar-refractivity contribution is 6.30. The largest absolute Gasteiger partial charge is 0.402 e. The van der Waals surface area contributed by atoms with E-state index in [2.05, 4.69) is 0 Å². The van der Waals surface area contributed by atoms with Crippen LogP contribution in [-0.4, -0.2) is 18.1 Å². The summed E-state index contributed by atoms with van der Waals surface area (Å²) in [5, 5.41) is 0.180. The van der Waals surface area contributed by atoms with Gasteiger partial charge < -0.3 is 0 Å². The molecule has 140 valence electrons. The highest BCUT2D eigenvalue weighted by Crippen LogP contribution is 2.45.